The van der Waals surface area contributed by atoms with Gasteiger partial charge < -0.3 is 15.1 Å². The minimum absolute atomic E-state index is 0.0775. The van der Waals surface area contributed by atoms with Gasteiger partial charge in [-0.1, -0.05) is 0 Å². The van der Waals surface area contributed by atoms with Crippen molar-refractivity contribution in [3.05, 3.63) is 11.8 Å². The van der Waals surface area contributed by atoms with Crippen LogP contribution in [-0.2, 0) is 14.4 Å². The molecular weight excluding hydrogens is 178 g/mol. The minimum atomic E-state index is -1.19. The molecule has 1 heterocycles. The number of carbonyl (C=O) groups excluding carboxylic acids is 1. The highest BCUT2D eigenvalue weighted by Gasteiger charge is 2.26. The van der Waals surface area contributed by atoms with Gasteiger partial charge >= 0.3 is 11.9 Å². The van der Waals surface area contributed by atoms with Crippen molar-refractivity contribution >= 4 is 17.8 Å². The van der Waals surface area contributed by atoms with Crippen LogP contribution in [0.25, 0.3) is 0 Å². The molecule has 13 heavy (non-hydrogen) atoms. The number of rotatable bonds is 3. The van der Waals surface area contributed by atoms with E-state index in [4.69, 9.17) is 10.2 Å². The van der Waals surface area contributed by atoms with Crippen LogP contribution in [0.2, 0.25) is 0 Å². The largest absolute Gasteiger partial charge is 0.480 e. The van der Waals surface area contributed by atoms with Crippen molar-refractivity contribution in [3.8, 4) is 0 Å². The highest BCUT2D eigenvalue weighted by Crippen LogP contribution is 2.15. The Bertz CT molecular complexity index is 306. The van der Waals surface area contributed by atoms with E-state index in [1.54, 1.807) is 0 Å². The first kappa shape index (κ1) is 9.24. The Hall–Kier alpha value is -1.85. The lowest BCUT2D eigenvalue weighted by Crippen LogP contribution is -2.27. The average Bonchev–Trinajstić information content (AvgIpc) is 2.31. The molecule has 1 aliphatic heterocycles. The molecule has 0 spiro atoms. The molecule has 2 N–H and O–H groups in total. The molecule has 1 amide bonds. The van der Waals surface area contributed by atoms with E-state index in [-0.39, 0.29) is 12.0 Å². The SMILES string of the molecule is O=C(O)CN1C=C(C(=O)O)CC1=O. The fraction of sp³-hybridized carbons (Fsp3) is 0.286. The highest BCUT2D eigenvalue weighted by atomic mass is 16.4. The predicted octanol–water partition coefficient (Wildman–Crippen LogP) is -0.728. The van der Waals surface area contributed by atoms with Gasteiger partial charge in [0.2, 0.25) is 5.91 Å². The Balaban J connectivity index is 2.72. The van der Waals surface area contributed by atoms with Crippen LogP contribution in [0.3, 0.4) is 0 Å². The van der Waals surface area contributed by atoms with Gasteiger partial charge in [0.1, 0.15) is 6.54 Å². The predicted molar refractivity (Wildman–Crippen MR) is 39.7 cm³/mol. The molecule has 6 heteroatoms. The Kier molecular flexibility index (Phi) is 2.32. The van der Waals surface area contributed by atoms with Gasteiger partial charge in [-0.25, -0.2) is 4.79 Å². The van der Waals surface area contributed by atoms with Crippen molar-refractivity contribution < 1.29 is 24.6 Å². The van der Waals surface area contributed by atoms with Crippen molar-refractivity contribution in [3.63, 3.8) is 0 Å². The molecule has 0 saturated heterocycles. The third kappa shape index (κ3) is 2.05. The second-order valence-electron chi connectivity index (χ2n) is 2.55. The Morgan fingerprint density at radius 2 is 2.08 bits per heavy atom. The van der Waals surface area contributed by atoms with E-state index in [2.05, 4.69) is 0 Å². The summed E-state index contributed by atoms with van der Waals surface area (Å²) in [6.07, 6.45) is 0.821. The molecule has 0 unspecified atom stereocenters. The van der Waals surface area contributed by atoms with Crippen molar-refractivity contribution in [2.75, 3.05) is 6.54 Å². The fourth-order valence-electron chi connectivity index (χ4n) is 0.981. The summed E-state index contributed by atoms with van der Waals surface area (Å²) in [5.74, 6) is -2.86. The molecule has 6 nitrogen and oxygen atoms in total. The minimum Gasteiger partial charge on any atom is -0.480 e. The zero-order valence-corrected chi connectivity index (χ0v) is 6.56. The molecule has 1 rings (SSSR count). The molecule has 70 valence electrons. The average molecular weight is 185 g/mol. The van der Waals surface area contributed by atoms with Gasteiger partial charge in [0.05, 0.1) is 12.0 Å². The lowest BCUT2D eigenvalue weighted by atomic mass is 10.2. The Morgan fingerprint density at radius 3 is 2.46 bits per heavy atom. The molecule has 0 atom stereocenters. The van der Waals surface area contributed by atoms with Gasteiger partial charge in [0.15, 0.2) is 0 Å². The van der Waals surface area contributed by atoms with Crippen molar-refractivity contribution in [1.82, 2.24) is 4.90 Å². The summed E-state index contributed by atoms with van der Waals surface area (Å²) in [7, 11) is 0. The van der Waals surface area contributed by atoms with Crippen LogP contribution in [0.5, 0.6) is 0 Å². The normalized spacial score (nSPS) is 15.8. The van der Waals surface area contributed by atoms with Gasteiger partial charge in [-0.2, -0.15) is 0 Å². The van der Waals surface area contributed by atoms with Crippen LogP contribution < -0.4 is 0 Å². The van der Waals surface area contributed by atoms with Crippen LogP contribution in [0.1, 0.15) is 6.42 Å². The maximum atomic E-state index is 11.0. The smallest absolute Gasteiger partial charge is 0.333 e. The summed E-state index contributed by atoms with van der Waals surface area (Å²) in [6.45, 7) is -0.490. The number of aliphatic carboxylic acids is 2. The fourth-order valence-corrected chi connectivity index (χ4v) is 0.981. The lowest BCUT2D eigenvalue weighted by Gasteiger charge is -2.08. The first-order chi connectivity index (χ1) is 6.00. The number of hydrogen-bond acceptors (Lipinski definition) is 3. The summed E-state index contributed by atoms with van der Waals surface area (Å²) in [4.78, 5) is 32.4. The second-order valence-corrected chi connectivity index (χ2v) is 2.55. The molecule has 0 aliphatic carbocycles. The van der Waals surface area contributed by atoms with Crippen molar-refractivity contribution in [2.24, 2.45) is 0 Å². The lowest BCUT2D eigenvalue weighted by molar-refractivity contribution is -0.141. The summed E-state index contributed by atoms with van der Waals surface area (Å²) in [5, 5.41) is 16.8. The Labute approximate surface area is 73.1 Å². The van der Waals surface area contributed by atoms with E-state index in [1.165, 1.54) is 0 Å². The first-order valence-electron chi connectivity index (χ1n) is 3.46. The van der Waals surface area contributed by atoms with Crippen LogP contribution in [0, 0.1) is 0 Å². The summed E-state index contributed by atoms with van der Waals surface area (Å²) < 4.78 is 0. The zero-order valence-electron chi connectivity index (χ0n) is 6.56. The van der Waals surface area contributed by atoms with Crippen LogP contribution in [0.4, 0.5) is 0 Å². The Morgan fingerprint density at radius 1 is 1.46 bits per heavy atom. The van der Waals surface area contributed by atoms with Crippen LogP contribution in [0.15, 0.2) is 11.8 Å². The number of carboxylic acids is 2. The summed E-state index contributed by atoms with van der Waals surface area (Å²) in [5.41, 5.74) is -0.0775. The van der Waals surface area contributed by atoms with E-state index in [1.807, 2.05) is 0 Å². The number of carboxylic acid groups (broad SMARTS) is 2. The molecule has 0 aromatic carbocycles. The van der Waals surface area contributed by atoms with E-state index in [9.17, 15) is 14.4 Å². The third-order valence-corrected chi connectivity index (χ3v) is 1.55. The molecule has 0 fully saturated rings. The van der Waals surface area contributed by atoms with Gasteiger partial charge in [0, 0.05) is 6.20 Å². The zero-order chi connectivity index (χ0) is 10.0. The van der Waals surface area contributed by atoms with E-state index >= 15 is 0 Å². The third-order valence-electron chi connectivity index (χ3n) is 1.55. The van der Waals surface area contributed by atoms with E-state index in [0.29, 0.717) is 0 Å². The van der Waals surface area contributed by atoms with Crippen LogP contribution >= 0.6 is 0 Å². The van der Waals surface area contributed by atoms with Gasteiger partial charge in [-0.15, -0.1) is 0 Å². The molecule has 0 aromatic heterocycles. The number of hydrogen-bond donors (Lipinski definition) is 2. The second kappa shape index (κ2) is 3.26. The number of carbonyl (C=O) groups is 3. The molecular formula is C7H7NO5. The maximum Gasteiger partial charge on any atom is 0.333 e. The van der Waals surface area contributed by atoms with E-state index in [0.717, 1.165) is 11.1 Å². The van der Waals surface area contributed by atoms with Crippen molar-refractivity contribution in [2.45, 2.75) is 6.42 Å². The quantitative estimate of drug-likeness (QED) is 0.604. The molecule has 0 bridgehead atoms. The van der Waals surface area contributed by atoms with Gasteiger partial charge in [-0.05, 0) is 0 Å². The topological polar surface area (TPSA) is 94.9 Å². The highest BCUT2D eigenvalue weighted by molar-refractivity contribution is 5.98. The first-order valence-corrected chi connectivity index (χ1v) is 3.46. The number of nitrogens with zero attached hydrogens (tertiary/aromatic N) is 1. The van der Waals surface area contributed by atoms with Crippen molar-refractivity contribution in [1.29, 1.82) is 0 Å². The maximum absolute atomic E-state index is 11.0. The molecule has 0 aromatic rings. The molecule has 0 radical (unpaired) electrons. The summed E-state index contributed by atoms with van der Waals surface area (Å²) >= 11 is 0. The van der Waals surface area contributed by atoms with E-state index < -0.39 is 24.4 Å². The summed E-state index contributed by atoms with van der Waals surface area (Å²) in [6, 6.07) is 0. The van der Waals surface area contributed by atoms with Gasteiger partial charge in [-0.3, -0.25) is 9.59 Å². The van der Waals surface area contributed by atoms with Gasteiger partial charge in [0.25, 0.3) is 0 Å². The monoisotopic (exact) mass is 185 g/mol. The van der Waals surface area contributed by atoms with Crippen LogP contribution in [-0.4, -0.2) is 39.5 Å². The number of amides is 1. The molecule has 1 aliphatic rings. The molecule has 0 saturated carbocycles. The standard InChI is InChI=1S/C7H7NO5/c9-5-1-4(7(12)13)2-8(5)3-6(10)11/h2H,1,3H2,(H,10,11)(H,12,13).